The smallest absolute Gasteiger partial charge is 0.435 e. The Morgan fingerprint density at radius 2 is 1.88 bits per heavy atom. The summed E-state index contributed by atoms with van der Waals surface area (Å²) in [4.78, 5) is 29.7. The lowest BCUT2D eigenvalue weighted by Crippen LogP contribution is -2.55. The van der Waals surface area contributed by atoms with Crippen LogP contribution in [0.1, 0.15) is 19.4 Å². The maximum atomic E-state index is 15.2. The van der Waals surface area contributed by atoms with E-state index in [9.17, 15) is 19.1 Å². The molecule has 0 aliphatic carbocycles. The zero-order chi connectivity index (χ0) is 29.9. The zero-order valence-corrected chi connectivity index (χ0v) is 22.9. The Balaban J connectivity index is 1.34. The predicted octanol–water partition coefficient (Wildman–Crippen LogP) is 2.11. The van der Waals surface area contributed by atoms with Crippen molar-refractivity contribution in [1.29, 1.82) is 0 Å². The SMILES string of the molecule is CCOC(=O)OCN1C=NN(C[C@](O)(c2ccc(F)cc2F)[C@@H](C)N2CCN(c3ccc(-n4cnnn4)cc3)C2=O)C1. The molecule has 0 bridgehead atoms. The van der Waals surface area contributed by atoms with Gasteiger partial charge in [-0.1, -0.05) is 6.07 Å². The summed E-state index contributed by atoms with van der Waals surface area (Å²) in [7, 11) is 0. The van der Waals surface area contributed by atoms with Crippen LogP contribution in [0.4, 0.5) is 24.1 Å². The highest BCUT2D eigenvalue weighted by Crippen LogP contribution is 2.35. The van der Waals surface area contributed by atoms with E-state index in [1.807, 2.05) is 0 Å². The third-order valence-electron chi connectivity index (χ3n) is 7.13. The van der Waals surface area contributed by atoms with Crippen molar-refractivity contribution < 1.29 is 33.0 Å². The molecule has 222 valence electrons. The van der Waals surface area contributed by atoms with Gasteiger partial charge in [-0.05, 0) is 54.6 Å². The first-order chi connectivity index (χ1) is 20.2. The Morgan fingerprint density at radius 1 is 1.12 bits per heavy atom. The van der Waals surface area contributed by atoms with E-state index in [1.165, 1.54) is 38.2 Å². The lowest BCUT2D eigenvalue weighted by atomic mass is 9.85. The number of hydrazone groups is 1. The van der Waals surface area contributed by atoms with Crippen molar-refractivity contribution in [2.75, 3.05) is 44.5 Å². The fraction of sp³-hybridized carbons (Fsp3) is 0.385. The largest absolute Gasteiger partial charge is 0.509 e. The van der Waals surface area contributed by atoms with Crippen LogP contribution in [0.5, 0.6) is 0 Å². The average Bonchev–Trinajstić information content (AvgIpc) is 3.74. The summed E-state index contributed by atoms with van der Waals surface area (Å²) >= 11 is 0. The number of nitrogens with zero attached hydrogens (tertiary/aromatic N) is 9. The van der Waals surface area contributed by atoms with E-state index < -0.39 is 35.5 Å². The van der Waals surface area contributed by atoms with Crippen molar-refractivity contribution in [1.82, 2.24) is 35.0 Å². The molecule has 0 radical (unpaired) electrons. The molecule has 42 heavy (non-hydrogen) atoms. The summed E-state index contributed by atoms with van der Waals surface area (Å²) in [6, 6.07) is 8.57. The Morgan fingerprint density at radius 3 is 2.57 bits per heavy atom. The molecule has 3 aromatic rings. The fourth-order valence-corrected chi connectivity index (χ4v) is 4.93. The Bertz CT molecular complexity index is 1440. The van der Waals surface area contributed by atoms with Crippen molar-refractivity contribution in [3.05, 3.63) is 66.0 Å². The van der Waals surface area contributed by atoms with E-state index in [2.05, 4.69) is 20.6 Å². The van der Waals surface area contributed by atoms with Crippen molar-refractivity contribution in [3.8, 4) is 5.69 Å². The Labute approximate surface area is 239 Å². The van der Waals surface area contributed by atoms with Crippen molar-refractivity contribution in [2.24, 2.45) is 5.10 Å². The van der Waals surface area contributed by atoms with E-state index in [4.69, 9.17) is 9.47 Å². The number of ether oxygens (including phenoxy) is 2. The maximum Gasteiger partial charge on any atom is 0.509 e. The monoisotopic (exact) mass is 585 g/mol. The minimum Gasteiger partial charge on any atom is -0.435 e. The number of tetrazole rings is 1. The van der Waals surface area contributed by atoms with Crippen LogP contribution in [-0.4, -0.2) is 104 Å². The van der Waals surface area contributed by atoms with Gasteiger partial charge in [0.05, 0.1) is 24.9 Å². The molecule has 0 saturated carbocycles. The van der Waals surface area contributed by atoms with E-state index in [-0.39, 0.29) is 38.7 Å². The first kappa shape index (κ1) is 28.7. The minimum absolute atomic E-state index is 0.0883. The lowest BCUT2D eigenvalue weighted by Gasteiger charge is -2.41. The highest BCUT2D eigenvalue weighted by Gasteiger charge is 2.47. The molecule has 0 spiro atoms. The van der Waals surface area contributed by atoms with Gasteiger partial charge in [0.25, 0.3) is 0 Å². The van der Waals surface area contributed by atoms with Gasteiger partial charge in [0.2, 0.25) is 0 Å². The summed E-state index contributed by atoms with van der Waals surface area (Å²) < 4.78 is 40.2. The van der Waals surface area contributed by atoms with E-state index in [0.717, 1.165) is 6.07 Å². The number of anilines is 1. The topological polar surface area (TPSA) is 142 Å². The molecule has 0 unspecified atom stereocenters. The van der Waals surface area contributed by atoms with Crippen LogP contribution in [0.25, 0.3) is 5.69 Å². The van der Waals surface area contributed by atoms with Gasteiger partial charge in [0.1, 0.15) is 36.6 Å². The molecular formula is C26H29F2N9O5. The van der Waals surface area contributed by atoms with Crippen LogP contribution in [0, 0.1) is 11.6 Å². The molecule has 1 fully saturated rings. The molecule has 1 aromatic heterocycles. The van der Waals surface area contributed by atoms with Gasteiger partial charge in [-0.2, -0.15) is 5.10 Å². The second-order valence-corrected chi connectivity index (χ2v) is 9.70. The zero-order valence-electron chi connectivity index (χ0n) is 22.9. The fourth-order valence-electron chi connectivity index (χ4n) is 4.93. The van der Waals surface area contributed by atoms with E-state index in [0.29, 0.717) is 24.0 Å². The number of rotatable bonds is 10. The number of carbonyl (C=O) groups excluding carboxylic acids is 2. The van der Waals surface area contributed by atoms with Gasteiger partial charge in [-0.25, -0.2) is 23.1 Å². The minimum atomic E-state index is -2.01. The molecule has 1 saturated heterocycles. The van der Waals surface area contributed by atoms with Gasteiger partial charge < -0.3 is 24.4 Å². The first-order valence-electron chi connectivity index (χ1n) is 13.1. The number of urea groups is 1. The number of aliphatic hydroxyl groups is 1. The second-order valence-electron chi connectivity index (χ2n) is 9.70. The number of hydrogen-bond acceptors (Lipinski definition) is 11. The summed E-state index contributed by atoms with van der Waals surface area (Å²) in [5.41, 5.74) is -0.883. The molecule has 16 heteroatoms. The quantitative estimate of drug-likeness (QED) is 0.352. The van der Waals surface area contributed by atoms with Crippen LogP contribution < -0.4 is 4.90 Å². The number of benzene rings is 2. The molecule has 5 rings (SSSR count). The molecule has 2 atom stereocenters. The third-order valence-corrected chi connectivity index (χ3v) is 7.13. The van der Waals surface area contributed by atoms with Gasteiger partial charge >= 0.3 is 12.2 Å². The standard InChI is InChI=1S/C26H29F2N9O5/c1-3-41-25(39)42-17-33-15-30-34(16-33)13-26(40,22-9-4-19(27)12-23(22)28)18(2)35-10-11-36(24(35)38)20-5-7-21(8-6-20)37-14-29-31-32-37/h4-9,12,14-15,18,40H,3,10-11,13,16-17H2,1-2H3/t18-,26-/m1/s1. The number of carbonyl (C=O) groups is 2. The summed E-state index contributed by atoms with van der Waals surface area (Å²) in [5, 5.41) is 28.8. The molecule has 2 amide bonds. The molecule has 2 aliphatic rings. The van der Waals surface area contributed by atoms with Crippen LogP contribution in [0.3, 0.4) is 0 Å². The lowest BCUT2D eigenvalue weighted by molar-refractivity contribution is -0.0601. The summed E-state index contributed by atoms with van der Waals surface area (Å²) in [6.45, 7) is 3.63. The van der Waals surface area contributed by atoms with Crippen molar-refractivity contribution in [2.45, 2.75) is 25.5 Å². The summed E-state index contributed by atoms with van der Waals surface area (Å²) in [5.74, 6) is -1.77. The van der Waals surface area contributed by atoms with Crippen LogP contribution in [-0.2, 0) is 15.1 Å². The molecule has 3 heterocycles. The predicted molar refractivity (Wildman–Crippen MR) is 143 cm³/mol. The molecule has 1 N–H and O–H groups in total. The van der Waals surface area contributed by atoms with Gasteiger partial charge in [-0.15, -0.1) is 5.10 Å². The Hall–Kier alpha value is -4.86. The van der Waals surface area contributed by atoms with Gasteiger partial charge in [0, 0.05) is 30.4 Å². The normalized spacial score (nSPS) is 17.1. The highest BCUT2D eigenvalue weighted by molar-refractivity contribution is 5.94. The molecule has 2 aromatic carbocycles. The van der Waals surface area contributed by atoms with E-state index in [1.54, 1.807) is 43.0 Å². The van der Waals surface area contributed by atoms with Crippen molar-refractivity contribution in [3.63, 3.8) is 0 Å². The molecule has 2 aliphatic heterocycles. The van der Waals surface area contributed by atoms with Crippen LogP contribution in [0.2, 0.25) is 0 Å². The number of β-amino-alcohol motifs (C(OH)–C–C–N with tert-alkyl or cyclic N) is 1. The van der Waals surface area contributed by atoms with E-state index >= 15 is 4.39 Å². The number of hydrogen-bond donors (Lipinski definition) is 1. The molecular weight excluding hydrogens is 556 g/mol. The second kappa shape index (κ2) is 11.9. The number of amides is 2. The number of halogens is 2. The third kappa shape index (κ3) is 5.79. The highest BCUT2D eigenvalue weighted by atomic mass is 19.1. The maximum absolute atomic E-state index is 15.2. The van der Waals surface area contributed by atoms with Crippen LogP contribution in [0.15, 0.2) is 53.9 Å². The average molecular weight is 586 g/mol. The van der Waals surface area contributed by atoms with Gasteiger partial charge in [0.15, 0.2) is 6.73 Å². The molecule has 14 nitrogen and oxygen atoms in total. The first-order valence-corrected chi connectivity index (χ1v) is 13.1. The number of aromatic nitrogens is 4. The Kier molecular flexibility index (Phi) is 8.15. The van der Waals surface area contributed by atoms with Crippen LogP contribution >= 0.6 is 0 Å². The summed E-state index contributed by atoms with van der Waals surface area (Å²) in [6.07, 6.45) is 2.00. The van der Waals surface area contributed by atoms with Gasteiger partial charge in [-0.3, -0.25) is 9.91 Å². The van der Waals surface area contributed by atoms with Crippen molar-refractivity contribution >= 4 is 24.2 Å².